The molecule has 0 aliphatic rings. The van der Waals surface area contributed by atoms with Crippen molar-refractivity contribution in [1.82, 2.24) is 0 Å². The molecule has 0 spiro atoms. The van der Waals surface area contributed by atoms with Crippen molar-refractivity contribution < 1.29 is 17.5 Å². The first kappa shape index (κ1) is 15.0. The van der Waals surface area contributed by atoms with Crippen molar-refractivity contribution >= 4 is 25.8 Å². The molecule has 2 aromatic carbocycles. The normalized spacial score (nSPS) is 11.3. The highest BCUT2D eigenvalue weighted by Crippen LogP contribution is 2.17. The number of hydrogen-bond acceptors (Lipinski definition) is 3. The maximum Gasteiger partial charge on any atom is 0.181 e. The summed E-state index contributed by atoms with van der Waals surface area (Å²) in [5.74, 6) is -0.0214. The van der Waals surface area contributed by atoms with Crippen LogP contribution in [0, 0.1) is 5.82 Å². The van der Waals surface area contributed by atoms with Crippen LogP contribution in [0.5, 0.6) is 5.75 Å². The molecule has 0 aromatic heterocycles. The number of ether oxygens (including phenoxy) is 1. The quantitative estimate of drug-likeness (QED) is 0.769. The number of halogens is 2. The average molecular weight is 359 g/mol. The van der Waals surface area contributed by atoms with E-state index in [0.717, 1.165) is 16.6 Å². The second-order valence-corrected chi connectivity index (χ2v) is 7.10. The zero-order valence-corrected chi connectivity index (χ0v) is 12.8. The van der Waals surface area contributed by atoms with Crippen LogP contribution in [-0.2, 0) is 9.84 Å². The monoisotopic (exact) mass is 358 g/mol. The van der Waals surface area contributed by atoms with Gasteiger partial charge in [-0.25, -0.2) is 12.8 Å². The van der Waals surface area contributed by atoms with Gasteiger partial charge in [0.25, 0.3) is 0 Å². The predicted molar refractivity (Wildman–Crippen MR) is 78.1 cm³/mol. The van der Waals surface area contributed by atoms with E-state index in [4.69, 9.17) is 4.74 Å². The van der Waals surface area contributed by atoms with E-state index in [2.05, 4.69) is 15.9 Å². The first-order chi connectivity index (χ1) is 9.47. The minimum absolute atomic E-state index is 0.0430. The van der Waals surface area contributed by atoms with Crippen LogP contribution in [0.1, 0.15) is 0 Å². The van der Waals surface area contributed by atoms with E-state index >= 15 is 0 Å². The Labute approximate surface area is 125 Å². The van der Waals surface area contributed by atoms with Gasteiger partial charge >= 0.3 is 0 Å². The van der Waals surface area contributed by atoms with Crippen molar-refractivity contribution in [3.63, 3.8) is 0 Å². The Morgan fingerprint density at radius 2 is 1.60 bits per heavy atom. The first-order valence-corrected chi connectivity index (χ1v) is 8.28. The minimum atomic E-state index is -3.46. The molecule has 0 bridgehead atoms. The second-order valence-electron chi connectivity index (χ2n) is 4.08. The Morgan fingerprint density at radius 3 is 2.20 bits per heavy atom. The summed E-state index contributed by atoms with van der Waals surface area (Å²) in [5, 5.41) is 0. The van der Waals surface area contributed by atoms with Crippen molar-refractivity contribution in [1.29, 1.82) is 0 Å². The maximum absolute atomic E-state index is 12.8. The third-order valence-electron chi connectivity index (χ3n) is 2.61. The van der Waals surface area contributed by atoms with Crippen LogP contribution in [0.15, 0.2) is 57.9 Å². The standard InChI is InChI=1S/C14H12BrFO3S/c15-11-1-5-13(6-2-11)19-9-10-20(17,18)14-7-3-12(16)4-8-14/h1-8H,9-10H2. The van der Waals surface area contributed by atoms with Crippen molar-refractivity contribution in [2.45, 2.75) is 4.90 Å². The molecule has 0 heterocycles. The number of benzene rings is 2. The summed E-state index contributed by atoms with van der Waals surface area (Å²) in [6.45, 7) is 0.0430. The summed E-state index contributed by atoms with van der Waals surface area (Å²) in [6.07, 6.45) is 0. The second kappa shape index (κ2) is 6.37. The number of hydrogen-bond donors (Lipinski definition) is 0. The molecule has 0 unspecified atom stereocenters. The fourth-order valence-corrected chi connectivity index (χ4v) is 2.91. The van der Waals surface area contributed by atoms with Gasteiger partial charge in [-0.3, -0.25) is 0 Å². The highest BCUT2D eigenvalue weighted by Gasteiger charge is 2.14. The average Bonchev–Trinajstić information content (AvgIpc) is 2.41. The molecule has 0 N–H and O–H groups in total. The Hall–Kier alpha value is -1.40. The van der Waals surface area contributed by atoms with E-state index in [0.29, 0.717) is 5.75 Å². The topological polar surface area (TPSA) is 43.4 Å². The molecule has 0 amide bonds. The van der Waals surface area contributed by atoms with Crippen molar-refractivity contribution in [2.75, 3.05) is 12.4 Å². The van der Waals surface area contributed by atoms with Gasteiger partial charge in [0, 0.05) is 4.47 Å². The molecule has 0 atom stereocenters. The lowest BCUT2D eigenvalue weighted by molar-refractivity contribution is 0.341. The molecule has 6 heteroatoms. The molecule has 3 nitrogen and oxygen atoms in total. The molecule has 0 fully saturated rings. The van der Waals surface area contributed by atoms with E-state index in [1.807, 2.05) is 12.1 Å². The van der Waals surface area contributed by atoms with Gasteiger partial charge < -0.3 is 4.74 Å². The van der Waals surface area contributed by atoms with Gasteiger partial charge in [0.15, 0.2) is 9.84 Å². The van der Waals surface area contributed by atoms with E-state index in [1.165, 1.54) is 12.1 Å². The summed E-state index contributed by atoms with van der Waals surface area (Å²) in [4.78, 5) is 0.0957. The van der Waals surface area contributed by atoms with Gasteiger partial charge in [0.2, 0.25) is 0 Å². The van der Waals surface area contributed by atoms with Gasteiger partial charge in [0.05, 0.1) is 10.6 Å². The third-order valence-corrected chi connectivity index (χ3v) is 4.83. The molecule has 2 aromatic rings. The Bertz CT molecular complexity index is 667. The number of sulfone groups is 1. The molecule has 0 aliphatic carbocycles. The highest BCUT2D eigenvalue weighted by atomic mass is 79.9. The molecular formula is C14H12BrFO3S. The molecule has 0 saturated heterocycles. The summed E-state index contributed by atoms with van der Waals surface area (Å²) in [6, 6.07) is 11.9. The lowest BCUT2D eigenvalue weighted by Crippen LogP contribution is -2.14. The summed E-state index contributed by atoms with van der Waals surface area (Å²) < 4.78 is 43.0. The molecule has 0 aliphatic heterocycles. The van der Waals surface area contributed by atoms with Crippen LogP contribution in [0.3, 0.4) is 0 Å². The van der Waals surface area contributed by atoms with Gasteiger partial charge in [-0.05, 0) is 48.5 Å². The zero-order chi connectivity index (χ0) is 14.6. The van der Waals surface area contributed by atoms with Crippen molar-refractivity contribution in [3.05, 3.63) is 58.8 Å². The molecule has 2 rings (SSSR count). The van der Waals surface area contributed by atoms with Crippen LogP contribution in [-0.4, -0.2) is 20.8 Å². The first-order valence-electron chi connectivity index (χ1n) is 5.84. The Morgan fingerprint density at radius 1 is 1.00 bits per heavy atom. The van der Waals surface area contributed by atoms with Gasteiger partial charge in [-0.15, -0.1) is 0 Å². The fraction of sp³-hybridized carbons (Fsp3) is 0.143. The highest BCUT2D eigenvalue weighted by molar-refractivity contribution is 9.10. The molecule has 0 radical (unpaired) electrons. The summed E-state index contributed by atoms with van der Waals surface area (Å²) in [5.41, 5.74) is 0. The van der Waals surface area contributed by atoms with Crippen LogP contribution < -0.4 is 4.74 Å². The lowest BCUT2D eigenvalue weighted by Gasteiger charge is -2.07. The number of rotatable bonds is 5. The van der Waals surface area contributed by atoms with Crippen LogP contribution in [0.2, 0.25) is 0 Å². The van der Waals surface area contributed by atoms with Crippen molar-refractivity contribution in [2.24, 2.45) is 0 Å². The van der Waals surface area contributed by atoms with Gasteiger partial charge in [-0.2, -0.15) is 0 Å². The summed E-state index contributed by atoms with van der Waals surface area (Å²) in [7, 11) is -3.46. The fourth-order valence-electron chi connectivity index (χ4n) is 1.56. The van der Waals surface area contributed by atoms with E-state index in [1.54, 1.807) is 12.1 Å². The van der Waals surface area contributed by atoms with E-state index in [9.17, 15) is 12.8 Å². The molecular weight excluding hydrogens is 347 g/mol. The Kier molecular flexibility index (Phi) is 4.77. The molecule has 20 heavy (non-hydrogen) atoms. The van der Waals surface area contributed by atoms with E-state index in [-0.39, 0.29) is 17.3 Å². The van der Waals surface area contributed by atoms with Crippen LogP contribution >= 0.6 is 15.9 Å². The molecule has 106 valence electrons. The lowest BCUT2D eigenvalue weighted by atomic mass is 10.3. The third kappa shape index (κ3) is 4.05. The predicted octanol–water partition coefficient (Wildman–Crippen LogP) is 3.44. The maximum atomic E-state index is 12.8. The molecule has 0 saturated carbocycles. The van der Waals surface area contributed by atoms with Gasteiger partial charge in [-0.1, -0.05) is 15.9 Å². The van der Waals surface area contributed by atoms with Crippen molar-refractivity contribution in [3.8, 4) is 5.75 Å². The van der Waals surface area contributed by atoms with Crippen LogP contribution in [0.25, 0.3) is 0 Å². The zero-order valence-electron chi connectivity index (χ0n) is 10.4. The smallest absolute Gasteiger partial charge is 0.181 e. The largest absolute Gasteiger partial charge is 0.493 e. The Balaban J connectivity index is 1.96. The van der Waals surface area contributed by atoms with Crippen LogP contribution in [0.4, 0.5) is 4.39 Å². The van der Waals surface area contributed by atoms with E-state index < -0.39 is 15.7 Å². The SMILES string of the molecule is O=S(=O)(CCOc1ccc(Br)cc1)c1ccc(F)cc1. The van der Waals surface area contributed by atoms with Gasteiger partial charge in [0.1, 0.15) is 18.2 Å². The minimum Gasteiger partial charge on any atom is -0.493 e. The summed E-state index contributed by atoms with van der Waals surface area (Å²) >= 11 is 3.30.